The summed E-state index contributed by atoms with van der Waals surface area (Å²) in [6.07, 6.45) is 6.96. The predicted octanol–water partition coefficient (Wildman–Crippen LogP) is 0.490. The van der Waals surface area contributed by atoms with Crippen molar-refractivity contribution in [3.63, 3.8) is 0 Å². The molecule has 2 aliphatic carbocycles. The number of hydrogen-bond acceptors (Lipinski definition) is 5. The van der Waals surface area contributed by atoms with Crippen LogP contribution in [0.5, 0.6) is 0 Å². The number of benzene rings is 1. The Kier molecular flexibility index (Phi) is 4.65. The minimum Gasteiger partial charge on any atom is -0.357 e. The van der Waals surface area contributed by atoms with Gasteiger partial charge < -0.3 is 10.6 Å². The Morgan fingerprint density at radius 3 is 2.84 bits per heavy atom. The molecule has 1 saturated carbocycles. The van der Waals surface area contributed by atoms with Crippen LogP contribution in [0.15, 0.2) is 48.9 Å². The summed E-state index contributed by atoms with van der Waals surface area (Å²) in [7, 11) is 3.12. The summed E-state index contributed by atoms with van der Waals surface area (Å²) >= 11 is 0. The number of fused-ring (bicyclic) bond motifs is 3. The molecule has 2 aliphatic rings. The monoisotopic (exact) mass is 419 g/mol. The number of aromatic nitrogens is 4. The zero-order valence-electron chi connectivity index (χ0n) is 17.3. The van der Waals surface area contributed by atoms with E-state index >= 15 is 0 Å². The van der Waals surface area contributed by atoms with Gasteiger partial charge >= 0.3 is 0 Å². The van der Waals surface area contributed by atoms with E-state index in [9.17, 15) is 9.59 Å². The van der Waals surface area contributed by atoms with E-state index in [1.165, 1.54) is 4.73 Å². The Hall–Kier alpha value is -3.75. The van der Waals surface area contributed by atoms with Crippen molar-refractivity contribution in [2.75, 3.05) is 14.2 Å². The lowest BCUT2D eigenvalue weighted by Crippen LogP contribution is -2.40. The molecular formula is C22H23N6O3+. The fourth-order valence-corrected chi connectivity index (χ4v) is 4.35. The van der Waals surface area contributed by atoms with Gasteiger partial charge in [-0.2, -0.15) is 5.10 Å². The average Bonchev–Trinajstić information content (AvgIpc) is 3.32. The third-order valence-electron chi connectivity index (χ3n) is 5.99. The van der Waals surface area contributed by atoms with Gasteiger partial charge in [-0.05, 0) is 24.3 Å². The standard InChI is InChI=1S/C22H22N6O3/c1-23-21(29)18(13-6-4-3-5-7-13)25-22(30)19-16-11-14-10-15(14)20(16)28(26-19)17-12-27(31-2)9-8-24-17/h3-9,12,14-15,18H,10-11H2,1-2H3,(H-,23,25,29,30)/p+1. The molecule has 9 heteroatoms. The van der Waals surface area contributed by atoms with E-state index < -0.39 is 6.04 Å². The molecular weight excluding hydrogens is 396 g/mol. The summed E-state index contributed by atoms with van der Waals surface area (Å²) in [6.45, 7) is 0. The van der Waals surface area contributed by atoms with Crippen LogP contribution in [-0.2, 0) is 11.2 Å². The molecule has 3 unspecified atom stereocenters. The maximum absolute atomic E-state index is 13.3. The molecule has 0 spiro atoms. The van der Waals surface area contributed by atoms with E-state index in [2.05, 4.69) is 20.7 Å². The minimum atomic E-state index is -0.805. The summed E-state index contributed by atoms with van der Waals surface area (Å²) in [4.78, 5) is 35.4. The lowest BCUT2D eigenvalue weighted by molar-refractivity contribution is -0.885. The first-order valence-electron chi connectivity index (χ1n) is 10.2. The summed E-state index contributed by atoms with van der Waals surface area (Å²) < 4.78 is 3.28. The second kappa shape index (κ2) is 7.50. The number of likely N-dealkylation sites (N-methyl/N-ethyl adjacent to an activating group) is 1. The molecule has 3 atom stereocenters. The zero-order chi connectivity index (χ0) is 21.5. The fourth-order valence-electron chi connectivity index (χ4n) is 4.35. The molecule has 31 heavy (non-hydrogen) atoms. The van der Waals surface area contributed by atoms with Crippen LogP contribution in [-0.4, -0.2) is 40.7 Å². The summed E-state index contributed by atoms with van der Waals surface area (Å²) in [5.74, 6) is 0.866. The van der Waals surface area contributed by atoms with Crippen molar-refractivity contribution in [1.29, 1.82) is 0 Å². The third kappa shape index (κ3) is 3.31. The van der Waals surface area contributed by atoms with Gasteiger partial charge in [0.15, 0.2) is 5.69 Å². The average molecular weight is 419 g/mol. The number of nitrogens with one attached hydrogen (secondary N) is 2. The van der Waals surface area contributed by atoms with Gasteiger partial charge in [0.25, 0.3) is 12.1 Å². The third-order valence-corrected chi connectivity index (χ3v) is 5.99. The van der Waals surface area contributed by atoms with Crippen molar-refractivity contribution >= 4 is 11.8 Å². The number of rotatable bonds is 6. The van der Waals surface area contributed by atoms with Crippen LogP contribution in [0.4, 0.5) is 0 Å². The van der Waals surface area contributed by atoms with Gasteiger partial charge in [-0.15, -0.1) is 0 Å². The van der Waals surface area contributed by atoms with Gasteiger partial charge in [-0.1, -0.05) is 30.3 Å². The molecule has 9 nitrogen and oxygen atoms in total. The van der Waals surface area contributed by atoms with Crippen molar-refractivity contribution in [1.82, 2.24) is 25.4 Å². The Labute approximate surface area is 179 Å². The highest BCUT2D eigenvalue weighted by Crippen LogP contribution is 2.57. The summed E-state index contributed by atoms with van der Waals surface area (Å²) in [5, 5.41) is 10.1. The van der Waals surface area contributed by atoms with Crippen molar-refractivity contribution < 1.29 is 19.2 Å². The summed E-state index contributed by atoms with van der Waals surface area (Å²) in [5.41, 5.74) is 3.03. The molecule has 5 rings (SSSR count). The van der Waals surface area contributed by atoms with Gasteiger partial charge in [0.2, 0.25) is 17.9 Å². The Bertz CT molecular complexity index is 1160. The van der Waals surface area contributed by atoms with Gasteiger partial charge in [0, 0.05) is 23.3 Å². The number of hydrogen-bond donors (Lipinski definition) is 2. The van der Waals surface area contributed by atoms with Crippen LogP contribution in [0.1, 0.15) is 45.7 Å². The van der Waals surface area contributed by atoms with Gasteiger partial charge in [0.05, 0.1) is 11.9 Å². The summed E-state index contributed by atoms with van der Waals surface area (Å²) in [6, 6.07) is 8.37. The van der Waals surface area contributed by atoms with Crippen LogP contribution in [0.3, 0.4) is 0 Å². The zero-order valence-corrected chi connectivity index (χ0v) is 17.3. The SMILES string of the molecule is CNC(=O)C(NC(=O)c1nn(-c2c[n+](OC)ccn2)c2c1CC1CC21)c1ccccc1. The lowest BCUT2D eigenvalue weighted by atomic mass is 10.1. The van der Waals surface area contributed by atoms with Crippen molar-refractivity contribution in [2.24, 2.45) is 5.92 Å². The van der Waals surface area contributed by atoms with Gasteiger partial charge in [0.1, 0.15) is 13.2 Å². The van der Waals surface area contributed by atoms with E-state index in [-0.39, 0.29) is 11.8 Å². The number of amides is 2. The molecule has 1 fully saturated rings. The van der Waals surface area contributed by atoms with Crippen LogP contribution < -0.4 is 20.2 Å². The molecule has 2 aromatic heterocycles. The van der Waals surface area contributed by atoms with Crippen LogP contribution in [0.25, 0.3) is 5.82 Å². The second-order valence-electron chi connectivity index (χ2n) is 7.82. The number of carbonyl (C=O) groups excluding carboxylic acids is 2. The first kappa shape index (κ1) is 19.2. The van der Waals surface area contributed by atoms with Gasteiger partial charge in [-0.25, -0.2) is 9.67 Å². The van der Waals surface area contributed by atoms with E-state index in [1.807, 2.05) is 30.3 Å². The highest BCUT2D eigenvalue weighted by molar-refractivity contribution is 5.98. The molecule has 0 radical (unpaired) electrons. The van der Waals surface area contributed by atoms with E-state index in [0.29, 0.717) is 28.9 Å². The largest absolute Gasteiger partial charge is 0.357 e. The number of carbonyl (C=O) groups is 2. The maximum atomic E-state index is 13.3. The number of nitrogens with zero attached hydrogens (tertiary/aromatic N) is 4. The van der Waals surface area contributed by atoms with Crippen LogP contribution in [0.2, 0.25) is 0 Å². The quantitative estimate of drug-likeness (QED) is 0.566. The molecule has 1 aromatic carbocycles. The van der Waals surface area contributed by atoms with E-state index in [1.54, 1.807) is 37.4 Å². The molecule has 0 aliphatic heterocycles. The van der Waals surface area contributed by atoms with Crippen molar-refractivity contribution in [3.8, 4) is 5.82 Å². The Morgan fingerprint density at radius 1 is 1.29 bits per heavy atom. The van der Waals surface area contributed by atoms with E-state index in [4.69, 9.17) is 4.84 Å². The normalized spacial score (nSPS) is 19.2. The Morgan fingerprint density at radius 2 is 2.10 bits per heavy atom. The first-order chi connectivity index (χ1) is 15.1. The lowest BCUT2D eigenvalue weighted by Gasteiger charge is -2.17. The molecule has 3 aromatic rings. The molecule has 158 valence electrons. The van der Waals surface area contributed by atoms with E-state index in [0.717, 1.165) is 24.1 Å². The molecule has 2 heterocycles. The molecule has 0 saturated heterocycles. The molecule has 2 N–H and O–H groups in total. The van der Waals surface area contributed by atoms with Crippen molar-refractivity contribution in [2.45, 2.75) is 24.8 Å². The van der Waals surface area contributed by atoms with Crippen LogP contribution >= 0.6 is 0 Å². The first-order valence-corrected chi connectivity index (χ1v) is 10.2. The van der Waals surface area contributed by atoms with Crippen LogP contribution in [0, 0.1) is 5.92 Å². The predicted molar refractivity (Wildman–Crippen MR) is 109 cm³/mol. The maximum Gasteiger partial charge on any atom is 0.272 e. The smallest absolute Gasteiger partial charge is 0.272 e. The minimum absolute atomic E-state index is 0.288. The second-order valence-corrected chi connectivity index (χ2v) is 7.82. The Balaban J connectivity index is 1.51. The van der Waals surface area contributed by atoms with Crippen molar-refractivity contribution in [3.05, 3.63) is 71.4 Å². The van der Waals surface area contributed by atoms with Gasteiger partial charge in [-0.3, -0.25) is 14.4 Å². The topological polar surface area (TPSA) is 102 Å². The molecule has 0 bridgehead atoms. The highest BCUT2D eigenvalue weighted by Gasteiger charge is 2.50. The highest BCUT2D eigenvalue weighted by atomic mass is 16.6. The fraction of sp³-hybridized carbons (Fsp3) is 0.318. The molecule has 2 amide bonds.